The SMILES string of the molecule is CCC1(C(=O)O)C(=O)OC(C)=CC1(C)O. The van der Waals surface area contributed by atoms with Crippen LogP contribution < -0.4 is 0 Å². The molecule has 2 N–H and O–H groups in total. The smallest absolute Gasteiger partial charge is 0.331 e. The van der Waals surface area contributed by atoms with Gasteiger partial charge in [0.25, 0.3) is 0 Å². The number of aliphatic hydroxyl groups is 1. The fraction of sp³-hybridized carbons (Fsp3) is 0.600. The van der Waals surface area contributed by atoms with Crippen molar-refractivity contribution in [2.75, 3.05) is 0 Å². The van der Waals surface area contributed by atoms with Gasteiger partial charge in [-0.15, -0.1) is 0 Å². The molecule has 0 fully saturated rings. The lowest BCUT2D eigenvalue weighted by atomic mass is 9.69. The van der Waals surface area contributed by atoms with E-state index in [0.29, 0.717) is 0 Å². The predicted octanol–water partition coefficient (Wildman–Crippen LogP) is 0.679. The van der Waals surface area contributed by atoms with Gasteiger partial charge in [0.15, 0.2) is 5.41 Å². The summed E-state index contributed by atoms with van der Waals surface area (Å²) in [7, 11) is 0. The molecule has 0 aromatic carbocycles. The second-order valence-corrected chi connectivity index (χ2v) is 3.86. The van der Waals surface area contributed by atoms with Crippen molar-refractivity contribution in [1.82, 2.24) is 0 Å². The summed E-state index contributed by atoms with van der Waals surface area (Å²) in [5.41, 5.74) is -3.64. The Labute approximate surface area is 87.4 Å². The molecular weight excluding hydrogens is 200 g/mol. The zero-order chi connectivity index (χ0) is 11.9. The quantitative estimate of drug-likeness (QED) is 0.521. The number of carbonyl (C=O) groups excluding carboxylic acids is 1. The highest BCUT2D eigenvalue weighted by molar-refractivity contribution is 6.02. The third-order valence-corrected chi connectivity index (χ3v) is 2.85. The van der Waals surface area contributed by atoms with Crippen molar-refractivity contribution in [3.05, 3.63) is 11.8 Å². The number of hydrogen-bond donors (Lipinski definition) is 2. The maximum Gasteiger partial charge on any atom is 0.331 e. The second kappa shape index (κ2) is 3.34. The Bertz CT molecular complexity index is 342. The lowest BCUT2D eigenvalue weighted by Crippen LogP contribution is -2.58. The predicted molar refractivity (Wildman–Crippen MR) is 50.8 cm³/mol. The molecule has 0 aromatic heterocycles. The van der Waals surface area contributed by atoms with Gasteiger partial charge in [-0.1, -0.05) is 6.92 Å². The Morgan fingerprint density at radius 1 is 1.60 bits per heavy atom. The molecule has 0 saturated heterocycles. The summed E-state index contributed by atoms with van der Waals surface area (Å²) in [4.78, 5) is 22.8. The highest BCUT2D eigenvalue weighted by Crippen LogP contribution is 2.42. The molecule has 0 amide bonds. The third kappa shape index (κ3) is 1.43. The zero-order valence-electron chi connectivity index (χ0n) is 8.90. The number of ether oxygens (including phenoxy) is 1. The first-order chi connectivity index (χ1) is 6.78. The Hall–Kier alpha value is -1.36. The lowest BCUT2D eigenvalue weighted by Gasteiger charge is -2.40. The molecule has 2 unspecified atom stereocenters. The molecule has 5 heteroatoms. The van der Waals surface area contributed by atoms with Crippen LogP contribution in [0.4, 0.5) is 0 Å². The van der Waals surface area contributed by atoms with E-state index in [1.165, 1.54) is 26.8 Å². The van der Waals surface area contributed by atoms with E-state index in [-0.39, 0.29) is 12.2 Å². The van der Waals surface area contributed by atoms with Crippen LogP contribution in [0.25, 0.3) is 0 Å². The summed E-state index contributed by atoms with van der Waals surface area (Å²) in [6.45, 7) is 4.32. The van der Waals surface area contributed by atoms with E-state index in [0.717, 1.165) is 0 Å². The molecule has 15 heavy (non-hydrogen) atoms. The van der Waals surface area contributed by atoms with Crippen LogP contribution in [0.3, 0.4) is 0 Å². The van der Waals surface area contributed by atoms with E-state index in [1.807, 2.05) is 0 Å². The number of cyclic esters (lactones) is 1. The van der Waals surface area contributed by atoms with E-state index in [2.05, 4.69) is 0 Å². The first kappa shape index (κ1) is 11.7. The number of carbonyl (C=O) groups is 2. The number of allylic oxidation sites excluding steroid dienone is 1. The van der Waals surface area contributed by atoms with Crippen molar-refractivity contribution in [1.29, 1.82) is 0 Å². The molecule has 1 aliphatic heterocycles. The molecule has 5 nitrogen and oxygen atoms in total. The van der Waals surface area contributed by atoms with Gasteiger partial charge in [0.2, 0.25) is 0 Å². The monoisotopic (exact) mass is 214 g/mol. The molecule has 0 radical (unpaired) electrons. The van der Waals surface area contributed by atoms with Crippen LogP contribution in [-0.4, -0.2) is 27.8 Å². The molecule has 2 atom stereocenters. The van der Waals surface area contributed by atoms with Crippen LogP contribution in [0.2, 0.25) is 0 Å². The molecule has 0 spiro atoms. The topological polar surface area (TPSA) is 83.8 Å². The maximum absolute atomic E-state index is 11.6. The average molecular weight is 214 g/mol. The summed E-state index contributed by atoms with van der Waals surface area (Å²) in [6, 6.07) is 0. The third-order valence-electron chi connectivity index (χ3n) is 2.85. The van der Waals surface area contributed by atoms with E-state index < -0.39 is 23.0 Å². The van der Waals surface area contributed by atoms with Crippen LogP contribution in [0, 0.1) is 5.41 Å². The summed E-state index contributed by atoms with van der Waals surface area (Å²) in [5.74, 6) is -2.07. The highest BCUT2D eigenvalue weighted by atomic mass is 16.5. The van der Waals surface area contributed by atoms with E-state index in [9.17, 15) is 14.7 Å². The Morgan fingerprint density at radius 2 is 2.13 bits per heavy atom. The maximum atomic E-state index is 11.6. The van der Waals surface area contributed by atoms with Gasteiger partial charge in [0.1, 0.15) is 11.4 Å². The number of aliphatic carboxylic acids is 1. The van der Waals surface area contributed by atoms with Crippen LogP contribution in [0.1, 0.15) is 27.2 Å². The Kier molecular flexibility index (Phi) is 2.61. The molecule has 0 aromatic rings. The van der Waals surface area contributed by atoms with E-state index in [1.54, 1.807) is 0 Å². The summed E-state index contributed by atoms with van der Waals surface area (Å²) in [6.07, 6.45) is 1.23. The number of hydrogen-bond acceptors (Lipinski definition) is 4. The van der Waals surface area contributed by atoms with Crippen molar-refractivity contribution in [3.8, 4) is 0 Å². The molecule has 1 rings (SSSR count). The first-order valence-electron chi connectivity index (χ1n) is 4.65. The fourth-order valence-electron chi connectivity index (χ4n) is 1.95. The largest absolute Gasteiger partial charge is 0.480 e. The minimum Gasteiger partial charge on any atom is -0.480 e. The first-order valence-corrected chi connectivity index (χ1v) is 4.65. The van der Waals surface area contributed by atoms with Crippen LogP contribution in [-0.2, 0) is 14.3 Å². The van der Waals surface area contributed by atoms with Gasteiger partial charge in [0.05, 0.1) is 0 Å². The van der Waals surface area contributed by atoms with Gasteiger partial charge in [0, 0.05) is 0 Å². The van der Waals surface area contributed by atoms with Crippen molar-refractivity contribution in [2.45, 2.75) is 32.8 Å². The van der Waals surface area contributed by atoms with Crippen molar-refractivity contribution >= 4 is 11.9 Å². The van der Waals surface area contributed by atoms with Crippen molar-refractivity contribution in [3.63, 3.8) is 0 Å². The highest BCUT2D eigenvalue weighted by Gasteiger charge is 2.60. The normalized spacial score (nSPS) is 35.7. The fourth-order valence-corrected chi connectivity index (χ4v) is 1.95. The Morgan fingerprint density at radius 3 is 2.47 bits per heavy atom. The number of carboxylic acid groups (broad SMARTS) is 1. The Balaban J connectivity index is 3.38. The minimum atomic E-state index is -1.91. The summed E-state index contributed by atoms with van der Waals surface area (Å²) < 4.78 is 4.77. The lowest BCUT2D eigenvalue weighted by molar-refractivity contribution is -0.185. The van der Waals surface area contributed by atoms with E-state index in [4.69, 9.17) is 9.84 Å². The zero-order valence-corrected chi connectivity index (χ0v) is 8.90. The molecular formula is C10H14O5. The van der Waals surface area contributed by atoms with Gasteiger partial charge in [-0.3, -0.25) is 9.59 Å². The second-order valence-electron chi connectivity index (χ2n) is 3.86. The van der Waals surface area contributed by atoms with Crippen molar-refractivity contribution in [2.24, 2.45) is 5.41 Å². The van der Waals surface area contributed by atoms with E-state index >= 15 is 0 Å². The van der Waals surface area contributed by atoms with Gasteiger partial charge in [-0.2, -0.15) is 0 Å². The average Bonchev–Trinajstić information content (AvgIpc) is 2.00. The number of carboxylic acids is 1. The van der Waals surface area contributed by atoms with Crippen LogP contribution >= 0.6 is 0 Å². The van der Waals surface area contributed by atoms with Gasteiger partial charge in [-0.25, -0.2) is 0 Å². The standard InChI is InChI=1S/C10H14O5/c1-4-10(7(11)12)8(13)15-6(2)5-9(10,3)14/h5,14H,4H2,1-3H3,(H,11,12). The van der Waals surface area contributed by atoms with Crippen LogP contribution in [0.5, 0.6) is 0 Å². The molecule has 84 valence electrons. The molecule has 0 aliphatic carbocycles. The summed E-state index contributed by atoms with van der Waals surface area (Å²) >= 11 is 0. The van der Waals surface area contributed by atoms with Gasteiger partial charge >= 0.3 is 11.9 Å². The summed E-state index contributed by atoms with van der Waals surface area (Å²) in [5, 5.41) is 19.1. The van der Waals surface area contributed by atoms with Gasteiger partial charge < -0.3 is 14.9 Å². The number of rotatable bonds is 2. The minimum absolute atomic E-state index is 0.0298. The molecule has 0 bridgehead atoms. The molecule has 1 heterocycles. The number of esters is 1. The van der Waals surface area contributed by atoms with Gasteiger partial charge in [-0.05, 0) is 26.3 Å². The molecule has 0 saturated carbocycles. The van der Waals surface area contributed by atoms with Crippen molar-refractivity contribution < 1.29 is 24.5 Å². The molecule has 1 aliphatic rings. The van der Waals surface area contributed by atoms with Crippen LogP contribution in [0.15, 0.2) is 11.8 Å².